The van der Waals surface area contributed by atoms with E-state index in [0.29, 0.717) is 5.69 Å². The number of halogens is 1. The number of ether oxygens (including phenoxy) is 2. The minimum atomic E-state index is -0.465. The second-order valence-corrected chi connectivity index (χ2v) is 3.78. The lowest BCUT2D eigenvalue weighted by atomic mass is 10.1. The van der Waals surface area contributed by atoms with E-state index < -0.39 is 6.29 Å². The van der Waals surface area contributed by atoms with Crippen molar-refractivity contribution in [1.29, 1.82) is 0 Å². The monoisotopic (exact) mass is 247 g/mol. The van der Waals surface area contributed by atoms with Gasteiger partial charge in [0.2, 0.25) is 6.29 Å². The van der Waals surface area contributed by atoms with E-state index in [1.165, 1.54) is 12.1 Å². The Kier molecular flexibility index (Phi) is 4.02. The van der Waals surface area contributed by atoms with Crippen LogP contribution >= 0.6 is 0 Å². The third-order valence-electron chi connectivity index (χ3n) is 2.63. The van der Waals surface area contributed by atoms with Crippen molar-refractivity contribution < 1.29 is 13.9 Å². The molecule has 0 aliphatic carbocycles. The van der Waals surface area contributed by atoms with E-state index in [1.807, 2.05) is 12.1 Å². The van der Waals surface area contributed by atoms with Crippen LogP contribution in [0.15, 0.2) is 42.6 Å². The Morgan fingerprint density at radius 2 is 1.56 bits per heavy atom. The maximum atomic E-state index is 12.8. The Balaban J connectivity index is 2.24. The Labute approximate surface area is 105 Å². The van der Waals surface area contributed by atoms with Crippen LogP contribution in [-0.2, 0) is 9.47 Å². The van der Waals surface area contributed by atoms with Crippen LogP contribution in [0.1, 0.15) is 12.0 Å². The number of aromatic nitrogens is 1. The van der Waals surface area contributed by atoms with Crippen LogP contribution in [0.4, 0.5) is 4.39 Å². The number of pyridine rings is 1. The first-order chi connectivity index (χ1) is 8.74. The Morgan fingerprint density at radius 1 is 0.944 bits per heavy atom. The fourth-order valence-electron chi connectivity index (χ4n) is 1.70. The number of hydrogen-bond acceptors (Lipinski definition) is 3. The van der Waals surface area contributed by atoms with Gasteiger partial charge >= 0.3 is 0 Å². The Hall–Kier alpha value is -1.78. The largest absolute Gasteiger partial charge is 0.350 e. The molecule has 1 aromatic carbocycles. The molecule has 4 heteroatoms. The zero-order valence-corrected chi connectivity index (χ0v) is 10.3. The van der Waals surface area contributed by atoms with Crippen molar-refractivity contribution in [2.75, 3.05) is 14.2 Å². The van der Waals surface area contributed by atoms with Crippen LogP contribution in [0.3, 0.4) is 0 Å². The first-order valence-electron chi connectivity index (χ1n) is 5.52. The molecule has 0 fully saturated rings. The predicted molar refractivity (Wildman–Crippen MR) is 66.4 cm³/mol. The highest BCUT2D eigenvalue weighted by atomic mass is 19.1. The standard InChI is InChI=1S/C14H14FNO2/c1-17-14(18-2)13-8-5-11(9-16-13)10-3-6-12(15)7-4-10/h3-9,14H,1-2H3. The highest BCUT2D eigenvalue weighted by molar-refractivity contribution is 5.62. The van der Waals surface area contributed by atoms with Crippen molar-refractivity contribution in [1.82, 2.24) is 4.98 Å². The van der Waals surface area contributed by atoms with Gasteiger partial charge in [0.1, 0.15) is 5.82 Å². The van der Waals surface area contributed by atoms with E-state index in [9.17, 15) is 4.39 Å². The van der Waals surface area contributed by atoms with E-state index >= 15 is 0 Å². The maximum absolute atomic E-state index is 12.8. The number of nitrogens with zero attached hydrogens (tertiary/aromatic N) is 1. The van der Waals surface area contributed by atoms with Gasteiger partial charge in [-0.1, -0.05) is 18.2 Å². The molecule has 94 valence electrons. The van der Waals surface area contributed by atoms with Crippen molar-refractivity contribution >= 4 is 0 Å². The number of hydrogen-bond donors (Lipinski definition) is 0. The fraction of sp³-hybridized carbons (Fsp3) is 0.214. The summed E-state index contributed by atoms with van der Waals surface area (Å²) in [6, 6.07) is 10.0. The summed E-state index contributed by atoms with van der Waals surface area (Å²) in [7, 11) is 3.12. The molecule has 0 bridgehead atoms. The molecule has 0 atom stereocenters. The second-order valence-electron chi connectivity index (χ2n) is 3.78. The molecular weight excluding hydrogens is 233 g/mol. The summed E-state index contributed by atoms with van der Waals surface area (Å²) < 4.78 is 23.0. The van der Waals surface area contributed by atoms with Gasteiger partial charge in [-0.05, 0) is 23.8 Å². The number of rotatable bonds is 4. The van der Waals surface area contributed by atoms with Crippen LogP contribution < -0.4 is 0 Å². The van der Waals surface area contributed by atoms with E-state index in [0.717, 1.165) is 11.1 Å². The van der Waals surface area contributed by atoms with Gasteiger partial charge in [-0.15, -0.1) is 0 Å². The summed E-state index contributed by atoms with van der Waals surface area (Å²) >= 11 is 0. The minimum absolute atomic E-state index is 0.248. The maximum Gasteiger partial charge on any atom is 0.200 e. The van der Waals surface area contributed by atoms with Crippen LogP contribution in [0.5, 0.6) is 0 Å². The molecule has 0 amide bonds. The average Bonchev–Trinajstić information content (AvgIpc) is 2.42. The molecule has 0 spiro atoms. The zero-order valence-electron chi connectivity index (χ0n) is 10.3. The molecule has 3 nitrogen and oxygen atoms in total. The smallest absolute Gasteiger partial charge is 0.200 e. The zero-order chi connectivity index (χ0) is 13.0. The summed E-state index contributed by atoms with van der Waals surface area (Å²) in [6.45, 7) is 0. The van der Waals surface area contributed by atoms with Gasteiger partial charge in [-0.25, -0.2) is 4.39 Å². The molecule has 0 aliphatic heterocycles. The number of benzene rings is 1. The van der Waals surface area contributed by atoms with Gasteiger partial charge in [0, 0.05) is 26.0 Å². The van der Waals surface area contributed by atoms with Gasteiger partial charge in [-0.2, -0.15) is 0 Å². The van der Waals surface area contributed by atoms with Crippen LogP contribution in [0, 0.1) is 5.82 Å². The highest BCUT2D eigenvalue weighted by Gasteiger charge is 2.10. The van der Waals surface area contributed by atoms with Crippen LogP contribution in [-0.4, -0.2) is 19.2 Å². The fourth-order valence-corrected chi connectivity index (χ4v) is 1.70. The van der Waals surface area contributed by atoms with Crippen molar-refractivity contribution in [3.05, 3.63) is 54.1 Å². The van der Waals surface area contributed by atoms with Crippen LogP contribution in [0.25, 0.3) is 11.1 Å². The van der Waals surface area contributed by atoms with E-state index in [-0.39, 0.29) is 5.82 Å². The molecule has 0 aliphatic rings. The molecule has 1 aromatic heterocycles. The molecule has 0 N–H and O–H groups in total. The van der Waals surface area contributed by atoms with Gasteiger partial charge in [0.25, 0.3) is 0 Å². The summed E-state index contributed by atoms with van der Waals surface area (Å²) in [5.41, 5.74) is 2.54. The van der Waals surface area contributed by atoms with Crippen molar-refractivity contribution in [2.24, 2.45) is 0 Å². The summed E-state index contributed by atoms with van der Waals surface area (Å²) in [4.78, 5) is 4.28. The molecule has 0 saturated heterocycles. The number of methoxy groups -OCH3 is 2. The summed E-state index contributed by atoms with van der Waals surface area (Å²) in [6.07, 6.45) is 1.25. The topological polar surface area (TPSA) is 31.4 Å². The molecule has 0 unspecified atom stereocenters. The lowest BCUT2D eigenvalue weighted by Gasteiger charge is -2.12. The van der Waals surface area contributed by atoms with Crippen LogP contribution in [0.2, 0.25) is 0 Å². The van der Waals surface area contributed by atoms with Crippen molar-refractivity contribution in [2.45, 2.75) is 6.29 Å². The quantitative estimate of drug-likeness (QED) is 0.777. The predicted octanol–water partition coefficient (Wildman–Crippen LogP) is 3.18. The molecule has 1 heterocycles. The van der Waals surface area contributed by atoms with E-state index in [4.69, 9.17) is 9.47 Å². The normalized spacial score (nSPS) is 10.9. The Morgan fingerprint density at radius 3 is 2.06 bits per heavy atom. The third kappa shape index (κ3) is 2.72. The lowest BCUT2D eigenvalue weighted by molar-refractivity contribution is -0.108. The van der Waals surface area contributed by atoms with E-state index in [1.54, 1.807) is 32.5 Å². The van der Waals surface area contributed by atoms with Crippen molar-refractivity contribution in [3.8, 4) is 11.1 Å². The van der Waals surface area contributed by atoms with Gasteiger partial charge < -0.3 is 9.47 Å². The second kappa shape index (κ2) is 5.71. The molecule has 18 heavy (non-hydrogen) atoms. The molecule has 2 aromatic rings. The van der Waals surface area contributed by atoms with Gasteiger partial charge in [-0.3, -0.25) is 4.98 Å². The molecule has 2 rings (SSSR count). The average molecular weight is 247 g/mol. The van der Waals surface area contributed by atoms with Crippen molar-refractivity contribution in [3.63, 3.8) is 0 Å². The van der Waals surface area contributed by atoms with Gasteiger partial charge in [0.05, 0.1) is 5.69 Å². The Bertz CT molecular complexity index is 492. The minimum Gasteiger partial charge on any atom is -0.350 e. The SMILES string of the molecule is COC(OC)c1ccc(-c2ccc(F)cc2)cn1. The summed E-state index contributed by atoms with van der Waals surface area (Å²) in [5, 5.41) is 0. The first kappa shape index (κ1) is 12.7. The van der Waals surface area contributed by atoms with E-state index in [2.05, 4.69) is 4.98 Å². The molecule has 0 saturated carbocycles. The molecular formula is C14H14FNO2. The van der Waals surface area contributed by atoms with Gasteiger partial charge in [0.15, 0.2) is 0 Å². The molecule has 0 radical (unpaired) electrons. The summed E-state index contributed by atoms with van der Waals surface area (Å²) in [5.74, 6) is -0.248. The first-order valence-corrected chi connectivity index (χ1v) is 5.52. The lowest BCUT2D eigenvalue weighted by Crippen LogP contribution is -2.05. The third-order valence-corrected chi connectivity index (χ3v) is 2.63. The highest BCUT2D eigenvalue weighted by Crippen LogP contribution is 2.21.